The molecular weight excluding hydrogens is 285 g/mol. The van der Waals surface area contributed by atoms with Gasteiger partial charge in [0.1, 0.15) is 5.01 Å². The van der Waals surface area contributed by atoms with Gasteiger partial charge in [-0.3, -0.25) is 0 Å². The van der Waals surface area contributed by atoms with Crippen LogP contribution in [0.25, 0.3) is 0 Å². The van der Waals surface area contributed by atoms with Crippen LogP contribution < -0.4 is 5.32 Å². The molecule has 1 heterocycles. The number of aromatic nitrogens is 1. The van der Waals surface area contributed by atoms with Crippen molar-refractivity contribution in [1.82, 2.24) is 10.3 Å². The van der Waals surface area contributed by atoms with E-state index in [1.54, 1.807) is 17.5 Å². The highest BCUT2D eigenvalue weighted by atomic mass is 32.1. The van der Waals surface area contributed by atoms with Gasteiger partial charge in [0.05, 0.1) is 11.6 Å². The first-order valence-corrected chi connectivity index (χ1v) is 7.17. The molecule has 6 heteroatoms. The van der Waals surface area contributed by atoms with Gasteiger partial charge in [0.15, 0.2) is 0 Å². The van der Waals surface area contributed by atoms with Gasteiger partial charge in [-0.2, -0.15) is 13.2 Å². The average Bonchev–Trinajstić information content (AvgIpc) is 2.93. The number of thiazole rings is 1. The Labute approximate surface area is 119 Å². The maximum atomic E-state index is 12.5. The van der Waals surface area contributed by atoms with E-state index in [-0.39, 0.29) is 6.04 Å². The predicted octanol–water partition coefficient (Wildman–Crippen LogP) is 4.40. The Balaban J connectivity index is 1.97. The molecule has 0 aliphatic carbocycles. The molecule has 1 N–H and O–H groups in total. The fraction of sp³-hybridized carbons (Fsp3) is 0.357. The Bertz CT molecular complexity index is 520. The molecule has 0 radical (unpaired) electrons. The van der Waals surface area contributed by atoms with Crippen molar-refractivity contribution in [3.05, 3.63) is 52.0 Å². The topological polar surface area (TPSA) is 24.9 Å². The van der Waals surface area contributed by atoms with Crippen LogP contribution in [-0.2, 0) is 12.7 Å². The lowest BCUT2D eigenvalue weighted by Gasteiger charge is -2.14. The first kappa shape index (κ1) is 15.0. The summed E-state index contributed by atoms with van der Waals surface area (Å²) < 4.78 is 37.4. The second-order valence-electron chi connectivity index (χ2n) is 4.41. The molecule has 1 atom stereocenters. The van der Waals surface area contributed by atoms with E-state index in [4.69, 9.17) is 0 Å². The Morgan fingerprint density at radius 3 is 2.45 bits per heavy atom. The number of halogens is 3. The van der Waals surface area contributed by atoms with Crippen LogP contribution in [0.15, 0.2) is 35.8 Å². The summed E-state index contributed by atoms with van der Waals surface area (Å²) in [5.74, 6) is 0. The number of nitrogens with zero attached hydrogens (tertiary/aromatic N) is 1. The SMILES string of the molecule is CCC(NCc1ccc(C(F)(F)F)cc1)c1nccs1. The molecule has 0 bridgehead atoms. The number of hydrogen-bond donors (Lipinski definition) is 1. The van der Waals surface area contributed by atoms with Gasteiger partial charge in [-0.05, 0) is 24.1 Å². The minimum Gasteiger partial charge on any atom is -0.304 e. The maximum absolute atomic E-state index is 12.5. The van der Waals surface area contributed by atoms with E-state index in [1.165, 1.54) is 12.1 Å². The van der Waals surface area contributed by atoms with Crippen molar-refractivity contribution in [3.63, 3.8) is 0 Å². The molecule has 1 aromatic heterocycles. The standard InChI is InChI=1S/C14H15F3N2S/c1-2-12(13-18-7-8-20-13)19-9-10-3-5-11(6-4-10)14(15,16)17/h3-8,12,19H,2,9H2,1H3. The molecule has 0 fully saturated rings. The minimum absolute atomic E-state index is 0.136. The van der Waals surface area contributed by atoms with Crippen molar-refractivity contribution in [3.8, 4) is 0 Å². The van der Waals surface area contributed by atoms with Crippen LogP contribution in [0.1, 0.15) is 35.5 Å². The van der Waals surface area contributed by atoms with E-state index in [0.29, 0.717) is 6.54 Å². The van der Waals surface area contributed by atoms with E-state index in [1.807, 2.05) is 12.3 Å². The minimum atomic E-state index is -4.28. The first-order chi connectivity index (χ1) is 9.50. The fourth-order valence-electron chi connectivity index (χ4n) is 1.87. The molecule has 0 aliphatic heterocycles. The van der Waals surface area contributed by atoms with Crippen LogP contribution in [0.3, 0.4) is 0 Å². The molecular formula is C14H15F3N2S. The molecule has 0 saturated carbocycles. The highest BCUT2D eigenvalue weighted by molar-refractivity contribution is 7.09. The van der Waals surface area contributed by atoms with Crippen LogP contribution in [-0.4, -0.2) is 4.98 Å². The van der Waals surface area contributed by atoms with Crippen LogP contribution in [0.5, 0.6) is 0 Å². The molecule has 0 aliphatic rings. The zero-order valence-corrected chi connectivity index (χ0v) is 11.8. The highest BCUT2D eigenvalue weighted by Gasteiger charge is 2.29. The van der Waals surface area contributed by atoms with Crippen LogP contribution >= 0.6 is 11.3 Å². The van der Waals surface area contributed by atoms with E-state index < -0.39 is 11.7 Å². The summed E-state index contributed by atoms with van der Waals surface area (Å²) in [5.41, 5.74) is 0.209. The van der Waals surface area contributed by atoms with Gasteiger partial charge < -0.3 is 5.32 Å². The van der Waals surface area contributed by atoms with Gasteiger partial charge in [0.2, 0.25) is 0 Å². The normalized spacial score (nSPS) is 13.4. The molecule has 0 spiro atoms. The second-order valence-corrected chi connectivity index (χ2v) is 5.33. The summed E-state index contributed by atoms with van der Waals surface area (Å²) in [6, 6.07) is 5.37. The highest BCUT2D eigenvalue weighted by Crippen LogP contribution is 2.29. The third-order valence-corrected chi connectivity index (χ3v) is 3.88. The van der Waals surface area contributed by atoms with Crippen LogP contribution in [0.4, 0.5) is 13.2 Å². The molecule has 108 valence electrons. The number of benzene rings is 1. The Morgan fingerprint density at radius 1 is 1.25 bits per heavy atom. The number of rotatable bonds is 5. The van der Waals surface area contributed by atoms with Gasteiger partial charge in [-0.1, -0.05) is 19.1 Å². The largest absolute Gasteiger partial charge is 0.416 e. The van der Waals surface area contributed by atoms with Gasteiger partial charge >= 0.3 is 6.18 Å². The molecule has 2 rings (SSSR count). The van der Waals surface area contributed by atoms with Crippen molar-refractivity contribution in [2.45, 2.75) is 32.1 Å². The summed E-state index contributed by atoms with van der Waals surface area (Å²) in [6.45, 7) is 2.57. The van der Waals surface area contributed by atoms with Gasteiger partial charge in [-0.25, -0.2) is 4.98 Å². The third-order valence-electron chi connectivity index (χ3n) is 2.99. The summed E-state index contributed by atoms with van der Waals surface area (Å²) in [6.07, 6.45) is -1.64. The number of nitrogens with one attached hydrogen (secondary N) is 1. The number of alkyl halides is 3. The van der Waals surface area contributed by atoms with Crippen LogP contribution in [0.2, 0.25) is 0 Å². The van der Waals surface area contributed by atoms with Crippen molar-refractivity contribution < 1.29 is 13.2 Å². The van der Waals surface area contributed by atoms with E-state index in [2.05, 4.69) is 10.3 Å². The lowest BCUT2D eigenvalue weighted by Crippen LogP contribution is -2.20. The van der Waals surface area contributed by atoms with Crippen molar-refractivity contribution in [2.24, 2.45) is 0 Å². The van der Waals surface area contributed by atoms with Crippen molar-refractivity contribution in [2.75, 3.05) is 0 Å². The summed E-state index contributed by atoms with van der Waals surface area (Å²) >= 11 is 1.57. The van der Waals surface area contributed by atoms with Gasteiger partial charge in [-0.15, -0.1) is 11.3 Å². The van der Waals surface area contributed by atoms with Crippen molar-refractivity contribution >= 4 is 11.3 Å². The third kappa shape index (κ3) is 3.80. The molecule has 2 nitrogen and oxygen atoms in total. The van der Waals surface area contributed by atoms with E-state index >= 15 is 0 Å². The lowest BCUT2D eigenvalue weighted by molar-refractivity contribution is -0.137. The second kappa shape index (κ2) is 6.37. The summed E-state index contributed by atoms with van der Waals surface area (Å²) in [5, 5.41) is 6.23. The van der Waals surface area contributed by atoms with E-state index in [0.717, 1.165) is 29.1 Å². The Hall–Kier alpha value is -1.40. The molecule has 1 aromatic carbocycles. The zero-order chi connectivity index (χ0) is 14.6. The molecule has 20 heavy (non-hydrogen) atoms. The monoisotopic (exact) mass is 300 g/mol. The molecule has 2 aromatic rings. The fourth-order valence-corrected chi connectivity index (χ4v) is 2.66. The first-order valence-electron chi connectivity index (χ1n) is 6.29. The predicted molar refractivity (Wildman–Crippen MR) is 73.4 cm³/mol. The molecule has 0 saturated heterocycles. The molecule has 1 unspecified atom stereocenters. The van der Waals surface area contributed by atoms with Crippen molar-refractivity contribution in [1.29, 1.82) is 0 Å². The average molecular weight is 300 g/mol. The Kier molecular flexibility index (Phi) is 4.77. The maximum Gasteiger partial charge on any atom is 0.416 e. The van der Waals surface area contributed by atoms with Crippen LogP contribution in [0, 0.1) is 0 Å². The van der Waals surface area contributed by atoms with Gasteiger partial charge in [0.25, 0.3) is 0 Å². The summed E-state index contributed by atoms with van der Waals surface area (Å²) in [4.78, 5) is 4.25. The lowest BCUT2D eigenvalue weighted by atomic mass is 10.1. The summed E-state index contributed by atoms with van der Waals surface area (Å²) in [7, 11) is 0. The smallest absolute Gasteiger partial charge is 0.304 e. The number of hydrogen-bond acceptors (Lipinski definition) is 3. The van der Waals surface area contributed by atoms with E-state index in [9.17, 15) is 13.2 Å². The zero-order valence-electron chi connectivity index (χ0n) is 10.9. The molecule has 0 amide bonds. The van der Waals surface area contributed by atoms with Gasteiger partial charge in [0, 0.05) is 18.1 Å². The Morgan fingerprint density at radius 2 is 1.95 bits per heavy atom. The quantitative estimate of drug-likeness (QED) is 0.885.